The van der Waals surface area contributed by atoms with E-state index in [1.54, 1.807) is 0 Å². The Labute approximate surface area is 160 Å². The van der Waals surface area contributed by atoms with Crippen molar-refractivity contribution in [1.29, 1.82) is 0 Å². The first-order valence-electron chi connectivity index (χ1n) is 7.10. The van der Waals surface area contributed by atoms with E-state index in [-0.39, 0.29) is 0 Å². The van der Waals surface area contributed by atoms with Crippen molar-refractivity contribution in [3.63, 3.8) is 0 Å². The monoisotopic (exact) mass is 496 g/mol. The molecule has 0 radical (unpaired) electrons. The number of halogens is 2. The van der Waals surface area contributed by atoms with Crippen LogP contribution in [0.15, 0.2) is 81.0 Å². The molecule has 116 valence electrons. The van der Waals surface area contributed by atoms with Crippen LogP contribution in [0.2, 0.25) is 0 Å². The molecule has 1 nitrogen and oxygen atoms in total. The first-order chi connectivity index (χ1) is 11.1. The van der Waals surface area contributed by atoms with E-state index in [1.807, 2.05) is 61.5 Å². The van der Waals surface area contributed by atoms with E-state index < -0.39 is 10.8 Å². The number of rotatable bonds is 3. The molecular formula is C19H14BrIOS. The number of hydrogen-bond acceptors (Lipinski definition) is 1. The highest BCUT2D eigenvalue weighted by Crippen LogP contribution is 2.37. The van der Waals surface area contributed by atoms with Crippen molar-refractivity contribution < 1.29 is 4.21 Å². The second-order valence-electron chi connectivity index (χ2n) is 5.17. The van der Waals surface area contributed by atoms with Gasteiger partial charge in [0.05, 0.1) is 15.7 Å². The highest BCUT2D eigenvalue weighted by molar-refractivity contribution is 14.1. The smallest absolute Gasteiger partial charge is 0.0856 e. The first kappa shape index (κ1) is 16.9. The fourth-order valence-electron chi connectivity index (χ4n) is 2.37. The third-order valence-electron chi connectivity index (χ3n) is 3.55. The van der Waals surface area contributed by atoms with Crippen LogP contribution in [0, 0.1) is 10.5 Å². The molecular weight excluding hydrogens is 483 g/mol. The summed E-state index contributed by atoms with van der Waals surface area (Å²) in [4.78, 5) is 1.65. The zero-order chi connectivity index (χ0) is 16.4. The molecule has 0 saturated carbocycles. The van der Waals surface area contributed by atoms with Crippen LogP contribution in [0.1, 0.15) is 5.56 Å². The van der Waals surface area contributed by atoms with Crippen LogP contribution in [0.25, 0.3) is 11.1 Å². The normalized spacial score (nSPS) is 12.1. The molecule has 0 heterocycles. The standard InChI is InChI=1S/C19H14BrIOS/c1-13-9-11-14(12-10-13)23(22)18-8-4-6-16(20)19(18)15-5-2-3-7-17(15)21/h2-12H,1H3/t23-/m0/s1. The zero-order valence-corrected chi connectivity index (χ0v) is 17.0. The number of benzene rings is 3. The van der Waals surface area contributed by atoms with E-state index in [0.29, 0.717) is 0 Å². The molecule has 0 amide bonds. The van der Waals surface area contributed by atoms with Gasteiger partial charge in [0.2, 0.25) is 0 Å². The van der Waals surface area contributed by atoms with Crippen LogP contribution in [0.4, 0.5) is 0 Å². The minimum Gasteiger partial charge on any atom is -0.249 e. The molecule has 4 heteroatoms. The molecule has 0 unspecified atom stereocenters. The van der Waals surface area contributed by atoms with Gasteiger partial charge in [0.1, 0.15) is 0 Å². The first-order valence-corrected chi connectivity index (χ1v) is 10.1. The van der Waals surface area contributed by atoms with Gasteiger partial charge in [-0.3, -0.25) is 0 Å². The molecule has 0 saturated heterocycles. The predicted molar refractivity (Wildman–Crippen MR) is 108 cm³/mol. The maximum Gasteiger partial charge on any atom is 0.0856 e. The van der Waals surface area contributed by atoms with Crippen LogP contribution in [0.5, 0.6) is 0 Å². The van der Waals surface area contributed by atoms with Gasteiger partial charge in [0.25, 0.3) is 0 Å². The lowest BCUT2D eigenvalue weighted by Crippen LogP contribution is -1.98. The van der Waals surface area contributed by atoms with Crippen molar-refractivity contribution in [2.75, 3.05) is 0 Å². The molecule has 0 bridgehead atoms. The van der Waals surface area contributed by atoms with Crippen LogP contribution in [-0.2, 0) is 10.8 Å². The second-order valence-corrected chi connectivity index (χ2v) is 8.64. The minimum atomic E-state index is -1.22. The van der Waals surface area contributed by atoms with Crippen molar-refractivity contribution in [2.45, 2.75) is 16.7 Å². The molecule has 3 aromatic rings. The number of hydrogen-bond donors (Lipinski definition) is 0. The van der Waals surface area contributed by atoms with E-state index in [4.69, 9.17) is 0 Å². The number of aryl methyl sites for hydroxylation is 1. The Morgan fingerprint density at radius 1 is 0.913 bits per heavy atom. The van der Waals surface area contributed by atoms with Crippen LogP contribution in [0.3, 0.4) is 0 Å². The van der Waals surface area contributed by atoms with Gasteiger partial charge in [0.15, 0.2) is 0 Å². The van der Waals surface area contributed by atoms with Crippen molar-refractivity contribution in [3.8, 4) is 11.1 Å². The molecule has 0 N–H and O–H groups in total. The SMILES string of the molecule is Cc1ccc([S@](=O)c2cccc(Br)c2-c2ccccc2I)cc1. The highest BCUT2D eigenvalue weighted by Gasteiger charge is 2.17. The Kier molecular flexibility index (Phi) is 5.34. The Bertz CT molecular complexity index is 875. The van der Waals surface area contributed by atoms with Crippen molar-refractivity contribution in [2.24, 2.45) is 0 Å². The van der Waals surface area contributed by atoms with E-state index in [9.17, 15) is 4.21 Å². The molecule has 0 spiro atoms. The summed E-state index contributed by atoms with van der Waals surface area (Å²) in [6.07, 6.45) is 0. The van der Waals surface area contributed by atoms with Gasteiger partial charge in [0, 0.05) is 18.5 Å². The zero-order valence-electron chi connectivity index (χ0n) is 12.4. The maximum atomic E-state index is 13.1. The molecule has 0 aliphatic carbocycles. The summed E-state index contributed by atoms with van der Waals surface area (Å²) in [6.45, 7) is 2.03. The van der Waals surface area contributed by atoms with Gasteiger partial charge in [-0.15, -0.1) is 0 Å². The largest absolute Gasteiger partial charge is 0.249 e. The van der Waals surface area contributed by atoms with Gasteiger partial charge in [-0.05, 0) is 65.4 Å². The quantitative estimate of drug-likeness (QED) is 0.395. The fraction of sp³-hybridized carbons (Fsp3) is 0.0526. The topological polar surface area (TPSA) is 17.1 Å². The maximum absolute atomic E-state index is 13.1. The Morgan fingerprint density at radius 2 is 1.61 bits per heavy atom. The van der Waals surface area contributed by atoms with Crippen LogP contribution in [-0.4, -0.2) is 4.21 Å². The average Bonchev–Trinajstić information content (AvgIpc) is 2.56. The average molecular weight is 497 g/mol. The van der Waals surface area contributed by atoms with Gasteiger partial charge in [-0.1, -0.05) is 57.9 Å². The predicted octanol–water partition coefficient (Wildman–Crippen LogP) is 6.20. The Morgan fingerprint density at radius 3 is 2.30 bits per heavy atom. The Balaban J connectivity index is 2.17. The van der Waals surface area contributed by atoms with Crippen molar-refractivity contribution >= 4 is 49.3 Å². The van der Waals surface area contributed by atoms with Gasteiger partial charge < -0.3 is 0 Å². The third-order valence-corrected chi connectivity index (χ3v) is 6.59. The fourth-order valence-corrected chi connectivity index (χ4v) is 4.99. The van der Waals surface area contributed by atoms with E-state index >= 15 is 0 Å². The molecule has 0 aliphatic rings. The summed E-state index contributed by atoms with van der Waals surface area (Å²) in [5.74, 6) is 0. The summed E-state index contributed by atoms with van der Waals surface area (Å²) >= 11 is 5.95. The molecule has 0 aromatic heterocycles. The van der Waals surface area contributed by atoms with Crippen LogP contribution >= 0.6 is 38.5 Å². The molecule has 3 rings (SSSR count). The lowest BCUT2D eigenvalue weighted by Gasteiger charge is -2.13. The molecule has 3 aromatic carbocycles. The lowest BCUT2D eigenvalue weighted by molar-refractivity contribution is 0.683. The molecule has 23 heavy (non-hydrogen) atoms. The second kappa shape index (κ2) is 7.28. The van der Waals surface area contributed by atoms with Gasteiger partial charge >= 0.3 is 0 Å². The summed E-state index contributed by atoms with van der Waals surface area (Å²) in [5, 5.41) is 0. The summed E-state index contributed by atoms with van der Waals surface area (Å²) in [6, 6.07) is 21.9. The minimum absolute atomic E-state index is 0.820. The third kappa shape index (κ3) is 3.59. The Hall–Kier alpha value is -0.980. The van der Waals surface area contributed by atoms with E-state index in [2.05, 4.69) is 50.7 Å². The summed E-state index contributed by atoms with van der Waals surface area (Å²) in [5.41, 5.74) is 3.25. The molecule has 0 aliphatic heterocycles. The summed E-state index contributed by atoms with van der Waals surface area (Å²) in [7, 11) is -1.22. The van der Waals surface area contributed by atoms with Gasteiger partial charge in [-0.25, -0.2) is 4.21 Å². The molecule has 1 atom stereocenters. The molecule has 0 fully saturated rings. The summed E-state index contributed by atoms with van der Waals surface area (Å²) < 4.78 is 15.2. The van der Waals surface area contributed by atoms with Crippen molar-refractivity contribution in [1.82, 2.24) is 0 Å². The van der Waals surface area contributed by atoms with E-state index in [0.717, 1.165) is 34.5 Å². The lowest BCUT2D eigenvalue weighted by atomic mass is 10.1. The highest BCUT2D eigenvalue weighted by atomic mass is 127. The van der Waals surface area contributed by atoms with E-state index in [1.165, 1.54) is 0 Å². The van der Waals surface area contributed by atoms with Crippen LogP contribution < -0.4 is 0 Å². The van der Waals surface area contributed by atoms with Gasteiger partial charge in [-0.2, -0.15) is 0 Å². The van der Waals surface area contributed by atoms with Crippen molar-refractivity contribution in [3.05, 3.63) is 80.3 Å².